The predicted molar refractivity (Wildman–Crippen MR) is 70.7 cm³/mol. The van der Waals surface area contributed by atoms with Gasteiger partial charge in [-0.2, -0.15) is 5.10 Å². The lowest BCUT2D eigenvalue weighted by Crippen LogP contribution is -2.48. The number of nitrogens with two attached hydrogens (primary N) is 1. The van der Waals surface area contributed by atoms with Gasteiger partial charge < -0.3 is 16.2 Å². The average molecular weight is 285 g/mol. The van der Waals surface area contributed by atoms with Gasteiger partial charge in [-0.1, -0.05) is 13.8 Å². The first-order chi connectivity index (χ1) is 9.31. The number of primary amides is 1. The Morgan fingerprint density at radius 1 is 1.65 bits per heavy atom. The molecule has 2 atom stereocenters. The van der Waals surface area contributed by atoms with Gasteiger partial charge in [0.25, 0.3) is 0 Å². The number of aromatic nitrogens is 2. The molecule has 0 aliphatic heterocycles. The number of amides is 1. The molecule has 9 nitrogen and oxygen atoms in total. The summed E-state index contributed by atoms with van der Waals surface area (Å²) in [7, 11) is 0. The molecule has 1 aromatic heterocycles. The van der Waals surface area contributed by atoms with Gasteiger partial charge in [-0.05, 0) is 5.92 Å². The topological polar surface area (TPSA) is 136 Å². The van der Waals surface area contributed by atoms with Crippen molar-refractivity contribution < 1.29 is 14.8 Å². The summed E-state index contributed by atoms with van der Waals surface area (Å²) in [5.74, 6) is -0.479. The minimum Gasteiger partial charge on any atom is -0.390 e. The fraction of sp³-hybridized carbons (Fsp3) is 0.636. The Morgan fingerprint density at radius 2 is 2.30 bits per heavy atom. The monoisotopic (exact) mass is 285 g/mol. The van der Waals surface area contributed by atoms with Gasteiger partial charge in [-0.15, -0.1) is 0 Å². The number of aliphatic hydroxyl groups excluding tert-OH is 1. The molecule has 1 heterocycles. The number of hydrogen-bond acceptors (Lipinski definition) is 6. The summed E-state index contributed by atoms with van der Waals surface area (Å²) in [6.45, 7) is 3.90. The number of rotatable bonds is 8. The van der Waals surface area contributed by atoms with E-state index in [4.69, 9.17) is 5.73 Å². The van der Waals surface area contributed by atoms with E-state index in [0.717, 1.165) is 6.20 Å². The molecule has 0 radical (unpaired) electrons. The van der Waals surface area contributed by atoms with Crippen LogP contribution in [0.25, 0.3) is 0 Å². The molecule has 0 spiro atoms. The van der Waals surface area contributed by atoms with Crippen LogP contribution in [0.15, 0.2) is 12.4 Å². The molecule has 20 heavy (non-hydrogen) atoms. The average Bonchev–Trinajstić information content (AvgIpc) is 2.76. The number of carbonyl (C=O) groups excluding carboxylic acids is 1. The van der Waals surface area contributed by atoms with Crippen LogP contribution in [-0.2, 0) is 11.3 Å². The molecule has 0 aliphatic rings. The summed E-state index contributed by atoms with van der Waals surface area (Å²) in [5, 5.41) is 26.9. The summed E-state index contributed by atoms with van der Waals surface area (Å²) < 4.78 is 1.28. The first-order valence-corrected chi connectivity index (χ1v) is 6.19. The molecule has 4 N–H and O–H groups in total. The number of hydrogen-bond donors (Lipinski definition) is 3. The van der Waals surface area contributed by atoms with E-state index < -0.39 is 23.0 Å². The van der Waals surface area contributed by atoms with E-state index in [-0.39, 0.29) is 24.7 Å². The van der Waals surface area contributed by atoms with Crippen LogP contribution in [0.4, 0.5) is 5.69 Å². The largest absolute Gasteiger partial charge is 0.390 e. The van der Waals surface area contributed by atoms with Crippen molar-refractivity contribution in [1.29, 1.82) is 0 Å². The maximum Gasteiger partial charge on any atom is 0.306 e. The fourth-order valence-electron chi connectivity index (χ4n) is 1.76. The number of aliphatic hydroxyl groups is 1. The molecule has 1 rings (SSSR count). The van der Waals surface area contributed by atoms with Crippen molar-refractivity contribution in [3.63, 3.8) is 0 Å². The van der Waals surface area contributed by atoms with Crippen LogP contribution in [0, 0.1) is 16.0 Å². The van der Waals surface area contributed by atoms with Gasteiger partial charge in [0.2, 0.25) is 5.91 Å². The summed E-state index contributed by atoms with van der Waals surface area (Å²) in [6, 6.07) is -0.531. The van der Waals surface area contributed by atoms with E-state index >= 15 is 0 Å². The maximum atomic E-state index is 11.2. The lowest BCUT2D eigenvalue weighted by Gasteiger charge is -2.21. The molecule has 0 saturated heterocycles. The predicted octanol–water partition coefficient (Wildman–Crippen LogP) is -0.748. The van der Waals surface area contributed by atoms with Crippen molar-refractivity contribution in [2.24, 2.45) is 11.7 Å². The molecule has 2 unspecified atom stereocenters. The van der Waals surface area contributed by atoms with Crippen LogP contribution < -0.4 is 11.1 Å². The highest BCUT2D eigenvalue weighted by atomic mass is 16.6. The summed E-state index contributed by atoms with van der Waals surface area (Å²) in [4.78, 5) is 21.1. The van der Waals surface area contributed by atoms with Gasteiger partial charge in [-0.25, -0.2) is 0 Å². The minimum absolute atomic E-state index is 0.00508. The highest BCUT2D eigenvalue weighted by molar-refractivity contribution is 5.80. The van der Waals surface area contributed by atoms with E-state index in [0.29, 0.717) is 0 Å². The van der Waals surface area contributed by atoms with Crippen molar-refractivity contribution >= 4 is 11.6 Å². The van der Waals surface area contributed by atoms with Crippen molar-refractivity contribution in [2.45, 2.75) is 32.5 Å². The molecular formula is C11H19N5O4. The number of nitro groups is 1. The lowest BCUT2D eigenvalue weighted by molar-refractivity contribution is -0.385. The first-order valence-electron chi connectivity index (χ1n) is 6.19. The Kier molecular flexibility index (Phi) is 5.59. The highest BCUT2D eigenvalue weighted by Crippen LogP contribution is 2.08. The van der Waals surface area contributed by atoms with Crippen LogP contribution in [0.3, 0.4) is 0 Å². The van der Waals surface area contributed by atoms with Crippen LogP contribution in [0.5, 0.6) is 0 Å². The molecular weight excluding hydrogens is 266 g/mol. The summed E-state index contributed by atoms with van der Waals surface area (Å²) >= 11 is 0. The maximum absolute atomic E-state index is 11.2. The molecule has 0 aliphatic carbocycles. The number of nitrogens with zero attached hydrogens (tertiary/aromatic N) is 3. The number of nitrogens with one attached hydrogen (secondary N) is 1. The molecule has 0 fully saturated rings. The Hall–Kier alpha value is -2.00. The Morgan fingerprint density at radius 3 is 2.75 bits per heavy atom. The Labute approximate surface area is 115 Å². The third-order valence-electron chi connectivity index (χ3n) is 2.77. The zero-order valence-electron chi connectivity index (χ0n) is 11.4. The van der Waals surface area contributed by atoms with Gasteiger partial charge in [0.1, 0.15) is 12.4 Å². The molecule has 0 aromatic carbocycles. The van der Waals surface area contributed by atoms with E-state index in [1.54, 1.807) is 0 Å². The highest BCUT2D eigenvalue weighted by Gasteiger charge is 2.20. The van der Waals surface area contributed by atoms with Crippen LogP contribution in [0.1, 0.15) is 13.8 Å². The third kappa shape index (κ3) is 4.59. The van der Waals surface area contributed by atoms with Gasteiger partial charge in [-0.3, -0.25) is 19.6 Å². The van der Waals surface area contributed by atoms with E-state index in [2.05, 4.69) is 10.4 Å². The number of carbonyl (C=O) groups is 1. The molecule has 0 bridgehead atoms. The van der Waals surface area contributed by atoms with Gasteiger partial charge >= 0.3 is 5.69 Å². The second-order valence-electron chi connectivity index (χ2n) is 4.86. The van der Waals surface area contributed by atoms with Crippen molar-refractivity contribution in [2.75, 3.05) is 6.54 Å². The quantitative estimate of drug-likeness (QED) is 0.424. The summed E-state index contributed by atoms with van der Waals surface area (Å²) in [5.41, 5.74) is 5.10. The first kappa shape index (κ1) is 16.1. The van der Waals surface area contributed by atoms with Crippen LogP contribution in [-0.4, -0.2) is 44.4 Å². The summed E-state index contributed by atoms with van der Waals surface area (Å²) in [6.07, 6.45) is 1.51. The normalized spacial score (nSPS) is 14.2. The van der Waals surface area contributed by atoms with Crippen LogP contribution >= 0.6 is 0 Å². The zero-order valence-corrected chi connectivity index (χ0v) is 11.4. The lowest BCUT2D eigenvalue weighted by atomic mass is 10.0. The van der Waals surface area contributed by atoms with Gasteiger partial charge in [0.05, 0.1) is 23.6 Å². The van der Waals surface area contributed by atoms with E-state index in [1.807, 2.05) is 13.8 Å². The fourth-order valence-corrected chi connectivity index (χ4v) is 1.76. The Bertz CT molecular complexity index is 473. The SMILES string of the molecule is CC(C)C(NCC(O)Cn1cc([N+](=O)[O-])cn1)C(N)=O. The standard InChI is InChI=1S/C11H19N5O4/c1-7(2)10(11(12)18)13-4-9(17)6-15-5-8(3-14-15)16(19)20/h3,5,7,9-10,13,17H,4,6H2,1-2H3,(H2,12,18). The van der Waals surface area contributed by atoms with Crippen molar-refractivity contribution in [3.05, 3.63) is 22.5 Å². The second-order valence-corrected chi connectivity index (χ2v) is 4.86. The Balaban J connectivity index is 2.48. The molecule has 1 amide bonds. The minimum atomic E-state index is -0.838. The van der Waals surface area contributed by atoms with Crippen LogP contribution in [0.2, 0.25) is 0 Å². The van der Waals surface area contributed by atoms with Gasteiger partial charge in [0.15, 0.2) is 0 Å². The van der Waals surface area contributed by atoms with E-state index in [1.165, 1.54) is 10.9 Å². The molecule has 1 aromatic rings. The smallest absolute Gasteiger partial charge is 0.306 e. The molecule has 0 saturated carbocycles. The molecule has 9 heteroatoms. The van der Waals surface area contributed by atoms with Crippen molar-refractivity contribution in [1.82, 2.24) is 15.1 Å². The molecule has 112 valence electrons. The van der Waals surface area contributed by atoms with Gasteiger partial charge in [0, 0.05) is 6.54 Å². The second kappa shape index (κ2) is 6.96. The zero-order chi connectivity index (χ0) is 15.3. The van der Waals surface area contributed by atoms with Crippen molar-refractivity contribution in [3.8, 4) is 0 Å². The third-order valence-corrected chi connectivity index (χ3v) is 2.77. The van der Waals surface area contributed by atoms with E-state index in [9.17, 15) is 20.0 Å².